The van der Waals surface area contributed by atoms with E-state index in [2.05, 4.69) is 83.9 Å². The van der Waals surface area contributed by atoms with Gasteiger partial charge in [0.2, 0.25) is 5.91 Å². The molecule has 208 valence electrons. The van der Waals surface area contributed by atoms with Gasteiger partial charge in [-0.25, -0.2) is 9.97 Å². The van der Waals surface area contributed by atoms with Crippen LogP contribution >= 0.6 is 0 Å². The van der Waals surface area contributed by atoms with E-state index in [9.17, 15) is 4.79 Å². The van der Waals surface area contributed by atoms with Gasteiger partial charge in [0.05, 0.1) is 5.71 Å². The minimum absolute atomic E-state index is 0.251. The van der Waals surface area contributed by atoms with Crippen LogP contribution in [0.4, 0.5) is 0 Å². The number of hydrogen-bond donors (Lipinski definition) is 0. The Balaban J connectivity index is 0.000000225. The van der Waals surface area contributed by atoms with Gasteiger partial charge in [-0.1, -0.05) is 86.7 Å². The third-order valence-electron chi connectivity index (χ3n) is 6.98. The van der Waals surface area contributed by atoms with Crippen LogP contribution in [0.2, 0.25) is 0 Å². The number of aryl methyl sites for hydroxylation is 1. The van der Waals surface area contributed by atoms with Gasteiger partial charge in [0.1, 0.15) is 5.82 Å². The summed E-state index contributed by atoms with van der Waals surface area (Å²) in [7, 11) is 1.82. The minimum Gasteiger partial charge on any atom is -0.342 e. The number of carbonyl (C=O) groups is 1. The summed E-state index contributed by atoms with van der Waals surface area (Å²) in [4.78, 5) is 26.5. The highest BCUT2D eigenvalue weighted by molar-refractivity contribution is 6.14. The first-order chi connectivity index (χ1) is 19.4. The molecule has 2 heterocycles. The lowest BCUT2D eigenvalue weighted by Gasteiger charge is -2.19. The Kier molecular flexibility index (Phi) is 12.2. The molecule has 4 rings (SSSR count). The number of amides is 1. The monoisotopic (exact) mass is 534 g/mol. The molecule has 0 unspecified atom stereocenters. The van der Waals surface area contributed by atoms with Crippen molar-refractivity contribution in [3.05, 3.63) is 125 Å². The third-order valence-corrected chi connectivity index (χ3v) is 6.98. The van der Waals surface area contributed by atoms with Crippen LogP contribution in [-0.4, -0.2) is 46.6 Å². The summed E-state index contributed by atoms with van der Waals surface area (Å²) in [5, 5.41) is 0. The molecule has 1 aliphatic rings. The number of nitrogens with zero attached hydrogens (tertiary/aromatic N) is 4. The average molecular weight is 535 g/mol. The molecule has 0 N–H and O–H groups in total. The lowest BCUT2D eigenvalue weighted by atomic mass is 9.98. The van der Waals surface area contributed by atoms with Gasteiger partial charge in [0, 0.05) is 50.9 Å². The quantitative estimate of drug-likeness (QED) is 0.173. The zero-order valence-corrected chi connectivity index (χ0v) is 24.4. The highest BCUT2D eigenvalue weighted by Gasteiger charge is 2.15. The fraction of sp³-hybridized carbons (Fsp3) is 0.314. The summed E-state index contributed by atoms with van der Waals surface area (Å²) in [5.41, 5.74) is 8.07. The van der Waals surface area contributed by atoms with E-state index in [1.165, 1.54) is 22.3 Å². The molecular formula is C35H42N4O. The van der Waals surface area contributed by atoms with Crippen LogP contribution in [-0.2, 0) is 17.6 Å². The molecule has 1 amide bonds. The molecule has 40 heavy (non-hydrogen) atoms. The second kappa shape index (κ2) is 16.1. The second-order valence-electron chi connectivity index (χ2n) is 9.82. The Hall–Kier alpha value is -4.12. The predicted octanol–water partition coefficient (Wildman–Crippen LogP) is 7.31. The summed E-state index contributed by atoms with van der Waals surface area (Å²) in [6.45, 7) is 12.0. The molecule has 0 saturated carbocycles. The van der Waals surface area contributed by atoms with Crippen LogP contribution in [0.3, 0.4) is 0 Å². The van der Waals surface area contributed by atoms with Crippen molar-refractivity contribution < 1.29 is 4.79 Å². The normalized spacial score (nSPS) is 14.0. The van der Waals surface area contributed by atoms with Gasteiger partial charge in [-0.15, -0.1) is 0 Å². The average Bonchev–Trinajstić information content (AvgIpc) is 3.24. The number of aliphatic imine (C=N–C) groups is 1. The molecule has 3 aromatic rings. The predicted molar refractivity (Wildman–Crippen MR) is 167 cm³/mol. The maximum atomic E-state index is 11.7. The zero-order valence-electron chi connectivity index (χ0n) is 24.4. The van der Waals surface area contributed by atoms with Crippen molar-refractivity contribution in [2.24, 2.45) is 4.99 Å². The number of carbonyl (C=O) groups excluding carboxylic acids is 1. The van der Waals surface area contributed by atoms with E-state index in [-0.39, 0.29) is 5.91 Å². The van der Waals surface area contributed by atoms with Crippen molar-refractivity contribution in [1.82, 2.24) is 14.9 Å². The van der Waals surface area contributed by atoms with Crippen molar-refractivity contribution in [3.63, 3.8) is 0 Å². The van der Waals surface area contributed by atoms with Gasteiger partial charge in [-0.2, -0.15) is 0 Å². The third kappa shape index (κ3) is 9.26. The van der Waals surface area contributed by atoms with Crippen molar-refractivity contribution in [1.29, 1.82) is 0 Å². The van der Waals surface area contributed by atoms with Gasteiger partial charge in [0.25, 0.3) is 0 Å². The Bertz CT molecular complexity index is 1320. The second-order valence-corrected chi connectivity index (χ2v) is 9.82. The molecule has 0 spiro atoms. The summed E-state index contributed by atoms with van der Waals surface area (Å²) in [5.74, 6) is 1.11. The number of hydrogen-bond acceptors (Lipinski definition) is 4. The summed E-state index contributed by atoms with van der Waals surface area (Å²) in [6.07, 6.45) is 12.2. The lowest BCUT2D eigenvalue weighted by molar-refractivity contribution is -0.130. The molecule has 0 aliphatic carbocycles. The molecule has 0 bridgehead atoms. The highest BCUT2D eigenvalue weighted by atomic mass is 16.2. The van der Waals surface area contributed by atoms with Gasteiger partial charge in [-0.05, 0) is 60.6 Å². The van der Waals surface area contributed by atoms with Crippen LogP contribution < -0.4 is 0 Å². The molecule has 0 fully saturated rings. The van der Waals surface area contributed by atoms with E-state index in [0.717, 1.165) is 61.4 Å². The largest absolute Gasteiger partial charge is 0.342 e. The van der Waals surface area contributed by atoms with Crippen LogP contribution in [0.1, 0.15) is 62.5 Å². The van der Waals surface area contributed by atoms with Crippen molar-refractivity contribution in [3.8, 4) is 0 Å². The van der Waals surface area contributed by atoms with Gasteiger partial charge >= 0.3 is 0 Å². The Morgan fingerprint density at radius 1 is 0.975 bits per heavy atom. The topological polar surface area (TPSA) is 58.5 Å². The van der Waals surface area contributed by atoms with E-state index in [1.54, 1.807) is 12.4 Å². The summed E-state index contributed by atoms with van der Waals surface area (Å²) in [6, 6.07) is 20.7. The first kappa shape index (κ1) is 30.4. The molecular weight excluding hydrogens is 492 g/mol. The Morgan fingerprint density at radius 2 is 1.68 bits per heavy atom. The number of rotatable bonds is 8. The van der Waals surface area contributed by atoms with Crippen molar-refractivity contribution in [2.45, 2.75) is 52.9 Å². The van der Waals surface area contributed by atoms with Crippen LogP contribution in [0, 0.1) is 0 Å². The first-order valence-corrected chi connectivity index (χ1v) is 14.2. The van der Waals surface area contributed by atoms with Crippen LogP contribution in [0.25, 0.3) is 5.57 Å². The molecule has 0 radical (unpaired) electrons. The van der Waals surface area contributed by atoms with Gasteiger partial charge in [-0.3, -0.25) is 9.79 Å². The summed E-state index contributed by atoms with van der Waals surface area (Å²) < 4.78 is 0. The Morgan fingerprint density at radius 3 is 2.30 bits per heavy atom. The molecule has 0 atom stereocenters. The van der Waals surface area contributed by atoms with Crippen molar-refractivity contribution in [2.75, 3.05) is 20.1 Å². The maximum absolute atomic E-state index is 11.7. The first-order valence-electron chi connectivity index (χ1n) is 14.2. The van der Waals surface area contributed by atoms with E-state index < -0.39 is 0 Å². The standard InChI is InChI=1S/C21H23N.C14H19N3O/c1-5-18-11-13-20(14-12-18)21(22-4)17(3)15-16(2)19-9-7-6-8-10-19;1-2-14(18)17-9-3-5-12(6-10-17)11-13-15-7-4-8-16-13/h6-15H,3,5H2,1-2,4H3;4-5,7-8H,2-3,6,9-11H2,1H3/b16-15+,22-21?;. The number of allylic oxidation sites excluding steroid dienone is 3. The van der Waals surface area contributed by atoms with Gasteiger partial charge < -0.3 is 4.90 Å². The van der Waals surface area contributed by atoms with Gasteiger partial charge in [0.15, 0.2) is 0 Å². The Labute approximate surface area is 240 Å². The SMILES string of the molecule is C=C(/C=C(\C)c1ccccc1)C(=NC)c1ccc(CC)cc1.CCC(=O)N1CCC=C(Cc2ncccn2)CC1. The molecule has 5 heteroatoms. The van der Waals surface area contributed by atoms with Crippen LogP contribution in [0.15, 0.2) is 108 Å². The minimum atomic E-state index is 0.251. The van der Waals surface area contributed by atoms with Crippen molar-refractivity contribution >= 4 is 17.2 Å². The fourth-order valence-electron chi connectivity index (χ4n) is 4.65. The molecule has 2 aromatic carbocycles. The van der Waals surface area contributed by atoms with E-state index >= 15 is 0 Å². The smallest absolute Gasteiger partial charge is 0.222 e. The zero-order chi connectivity index (χ0) is 28.7. The fourth-order valence-corrected chi connectivity index (χ4v) is 4.65. The maximum Gasteiger partial charge on any atom is 0.222 e. The van der Waals surface area contributed by atoms with E-state index in [0.29, 0.717) is 6.42 Å². The molecule has 1 aliphatic heterocycles. The molecule has 1 aromatic heterocycles. The number of aromatic nitrogens is 2. The van der Waals surface area contributed by atoms with E-state index in [4.69, 9.17) is 0 Å². The highest BCUT2D eigenvalue weighted by Crippen LogP contribution is 2.19. The van der Waals surface area contributed by atoms with Crippen LogP contribution in [0.5, 0.6) is 0 Å². The summed E-state index contributed by atoms with van der Waals surface area (Å²) >= 11 is 0. The molecule has 5 nitrogen and oxygen atoms in total. The molecule has 0 saturated heterocycles. The number of benzene rings is 2. The lowest BCUT2D eigenvalue weighted by Crippen LogP contribution is -2.31. The van der Waals surface area contributed by atoms with E-state index in [1.807, 2.05) is 43.1 Å².